The highest BCUT2D eigenvalue weighted by atomic mass is 14.5. The maximum Gasteiger partial charge on any atom is 0.00997 e. The van der Waals surface area contributed by atoms with E-state index in [1.807, 2.05) is 0 Å². The van der Waals surface area contributed by atoms with Crippen molar-refractivity contribution in [1.82, 2.24) is 5.73 Å². The summed E-state index contributed by atoms with van der Waals surface area (Å²) < 4.78 is 0. The van der Waals surface area contributed by atoms with Crippen molar-refractivity contribution in [1.29, 1.82) is 0 Å². The van der Waals surface area contributed by atoms with Gasteiger partial charge in [0.15, 0.2) is 0 Å². The summed E-state index contributed by atoms with van der Waals surface area (Å²) in [5, 5.41) is 0. The molecule has 1 radical (unpaired) electrons. The van der Waals surface area contributed by atoms with Crippen LogP contribution in [0.2, 0.25) is 0 Å². The molecule has 0 saturated carbocycles. The molecule has 0 saturated heterocycles. The molecule has 0 aliphatic carbocycles. The third kappa shape index (κ3) is 7.96. The highest BCUT2D eigenvalue weighted by Gasteiger charge is 2.08. The lowest BCUT2D eigenvalue weighted by atomic mass is 9.89. The van der Waals surface area contributed by atoms with Gasteiger partial charge < -0.3 is 0 Å². The zero-order valence-electron chi connectivity index (χ0n) is 7.54. The summed E-state index contributed by atoms with van der Waals surface area (Å²) in [6, 6.07) is 0. The molecular weight excluding hydrogens is 122 g/mol. The van der Waals surface area contributed by atoms with Crippen molar-refractivity contribution in [3.8, 4) is 0 Å². The van der Waals surface area contributed by atoms with Gasteiger partial charge in [-0.3, -0.25) is 5.73 Å². The molecule has 1 heteroatoms. The molecule has 1 nitrogen and oxygen atoms in total. The van der Waals surface area contributed by atoms with Gasteiger partial charge in [0, 0.05) is 6.54 Å². The van der Waals surface area contributed by atoms with Crippen molar-refractivity contribution in [3.63, 3.8) is 0 Å². The van der Waals surface area contributed by atoms with Crippen molar-refractivity contribution < 1.29 is 0 Å². The van der Waals surface area contributed by atoms with Crippen LogP contribution in [0.15, 0.2) is 0 Å². The second-order valence-corrected chi connectivity index (χ2v) is 4.12. The summed E-state index contributed by atoms with van der Waals surface area (Å²) in [5.74, 6) is 0. The summed E-state index contributed by atoms with van der Waals surface area (Å²) in [4.78, 5) is 0. The Labute approximate surface area is 65.0 Å². The van der Waals surface area contributed by atoms with Crippen molar-refractivity contribution >= 4 is 0 Å². The van der Waals surface area contributed by atoms with Gasteiger partial charge in [-0.25, -0.2) is 0 Å². The molecule has 0 rings (SSSR count). The van der Waals surface area contributed by atoms with Crippen molar-refractivity contribution in [2.45, 2.75) is 46.5 Å². The summed E-state index contributed by atoms with van der Waals surface area (Å²) in [6.07, 6.45) is 4.91. The van der Waals surface area contributed by atoms with Crippen LogP contribution in [0, 0.1) is 5.41 Å². The van der Waals surface area contributed by atoms with Crippen LogP contribution < -0.4 is 5.73 Å². The van der Waals surface area contributed by atoms with Gasteiger partial charge in [0.05, 0.1) is 0 Å². The maximum atomic E-state index is 6.94. The van der Waals surface area contributed by atoms with E-state index in [1.165, 1.54) is 19.3 Å². The maximum absolute atomic E-state index is 6.94. The van der Waals surface area contributed by atoms with Crippen molar-refractivity contribution in [3.05, 3.63) is 0 Å². The number of unbranched alkanes of at least 4 members (excludes halogenated alkanes) is 2. The van der Waals surface area contributed by atoms with Crippen molar-refractivity contribution in [2.75, 3.05) is 6.54 Å². The predicted octanol–water partition coefficient (Wildman–Crippen LogP) is 2.88. The summed E-state index contributed by atoms with van der Waals surface area (Å²) in [5.41, 5.74) is 7.43. The van der Waals surface area contributed by atoms with E-state index in [0.29, 0.717) is 12.0 Å². The van der Waals surface area contributed by atoms with Crippen LogP contribution in [0.3, 0.4) is 0 Å². The number of hydrogen-bond donors (Lipinski definition) is 0. The highest BCUT2D eigenvalue weighted by Crippen LogP contribution is 2.21. The molecule has 0 fully saturated rings. The SMILES string of the molecule is CC(C)(C)CCCCC[NH]. The normalized spacial score (nSPS) is 12.0. The predicted molar refractivity (Wildman–Crippen MR) is 45.9 cm³/mol. The molecule has 10 heavy (non-hydrogen) atoms. The van der Waals surface area contributed by atoms with Crippen LogP contribution in [0.1, 0.15) is 46.5 Å². The van der Waals surface area contributed by atoms with Gasteiger partial charge in [0.25, 0.3) is 0 Å². The Hall–Kier alpha value is -0.0400. The van der Waals surface area contributed by atoms with Gasteiger partial charge in [-0.05, 0) is 18.3 Å². The fourth-order valence-electron chi connectivity index (χ4n) is 0.957. The third-order valence-corrected chi connectivity index (χ3v) is 1.60. The lowest BCUT2D eigenvalue weighted by molar-refractivity contribution is 0.358. The molecule has 0 aliphatic heterocycles. The van der Waals surface area contributed by atoms with E-state index in [2.05, 4.69) is 20.8 Å². The molecule has 0 amide bonds. The Bertz CT molecular complexity index is 71.3. The zero-order chi connectivity index (χ0) is 8.04. The minimum Gasteiger partial charge on any atom is -0.258 e. The quantitative estimate of drug-likeness (QED) is 0.539. The Morgan fingerprint density at radius 2 is 1.60 bits per heavy atom. The summed E-state index contributed by atoms with van der Waals surface area (Å²) in [6.45, 7) is 7.42. The van der Waals surface area contributed by atoms with E-state index in [4.69, 9.17) is 5.73 Å². The van der Waals surface area contributed by atoms with E-state index in [0.717, 1.165) is 6.42 Å². The lowest BCUT2D eigenvalue weighted by Crippen LogP contribution is -2.04. The molecule has 0 heterocycles. The molecule has 0 aromatic rings. The standard InChI is InChI=1S/C9H20N/c1-9(2,3)7-5-4-6-8-10/h10H,4-8H2,1-3H3. The summed E-state index contributed by atoms with van der Waals surface area (Å²) in [7, 11) is 0. The van der Waals surface area contributed by atoms with Crippen LogP contribution in [0.4, 0.5) is 0 Å². The van der Waals surface area contributed by atoms with Gasteiger partial charge >= 0.3 is 0 Å². The second-order valence-electron chi connectivity index (χ2n) is 4.12. The Morgan fingerprint density at radius 1 is 1.00 bits per heavy atom. The minimum absolute atomic E-state index is 0.488. The van der Waals surface area contributed by atoms with Gasteiger partial charge in [-0.1, -0.05) is 33.6 Å². The van der Waals surface area contributed by atoms with E-state index >= 15 is 0 Å². The molecule has 0 aromatic carbocycles. The molecule has 0 bridgehead atoms. The van der Waals surface area contributed by atoms with E-state index < -0.39 is 0 Å². The second kappa shape index (κ2) is 4.73. The Kier molecular flexibility index (Phi) is 4.71. The summed E-state index contributed by atoms with van der Waals surface area (Å²) >= 11 is 0. The van der Waals surface area contributed by atoms with Crippen LogP contribution in [-0.4, -0.2) is 6.54 Å². The van der Waals surface area contributed by atoms with Crippen LogP contribution >= 0.6 is 0 Å². The van der Waals surface area contributed by atoms with E-state index in [1.54, 1.807) is 0 Å². The molecule has 0 spiro atoms. The molecule has 1 N–H and O–H groups in total. The first kappa shape index (κ1) is 9.96. The largest absolute Gasteiger partial charge is 0.258 e. The fraction of sp³-hybridized carbons (Fsp3) is 1.00. The first-order valence-corrected chi connectivity index (χ1v) is 4.21. The minimum atomic E-state index is 0.488. The molecule has 0 unspecified atom stereocenters. The highest BCUT2D eigenvalue weighted by molar-refractivity contribution is 4.60. The Balaban J connectivity index is 3.04. The molecule has 0 aliphatic rings. The molecule has 0 aromatic heterocycles. The number of rotatable bonds is 4. The van der Waals surface area contributed by atoms with Crippen LogP contribution in [0.25, 0.3) is 0 Å². The monoisotopic (exact) mass is 142 g/mol. The fourth-order valence-corrected chi connectivity index (χ4v) is 0.957. The zero-order valence-corrected chi connectivity index (χ0v) is 7.54. The van der Waals surface area contributed by atoms with E-state index in [9.17, 15) is 0 Å². The first-order chi connectivity index (χ1) is 4.56. The smallest absolute Gasteiger partial charge is 0.00997 e. The van der Waals surface area contributed by atoms with Crippen LogP contribution in [0.5, 0.6) is 0 Å². The molecule has 0 atom stereocenters. The average molecular weight is 142 g/mol. The number of hydrogen-bond acceptors (Lipinski definition) is 0. The molecule has 61 valence electrons. The van der Waals surface area contributed by atoms with Crippen molar-refractivity contribution in [2.24, 2.45) is 5.41 Å². The van der Waals surface area contributed by atoms with E-state index in [-0.39, 0.29) is 0 Å². The van der Waals surface area contributed by atoms with Gasteiger partial charge in [-0.15, -0.1) is 0 Å². The van der Waals surface area contributed by atoms with Gasteiger partial charge in [0.2, 0.25) is 0 Å². The number of nitrogens with one attached hydrogen (secondary N) is 1. The molecular formula is C9H20N. The van der Waals surface area contributed by atoms with Crippen LogP contribution in [-0.2, 0) is 0 Å². The van der Waals surface area contributed by atoms with Gasteiger partial charge in [-0.2, -0.15) is 0 Å². The Morgan fingerprint density at radius 3 is 2.00 bits per heavy atom. The average Bonchev–Trinajstić information content (AvgIpc) is 1.78. The topological polar surface area (TPSA) is 23.8 Å². The first-order valence-electron chi connectivity index (χ1n) is 4.21. The van der Waals surface area contributed by atoms with Gasteiger partial charge in [0.1, 0.15) is 0 Å². The lowest BCUT2D eigenvalue weighted by Gasteiger charge is -2.17. The third-order valence-electron chi connectivity index (χ3n) is 1.60.